The van der Waals surface area contributed by atoms with Crippen LogP contribution >= 0.6 is 0 Å². The zero-order chi connectivity index (χ0) is 27.8. The molecule has 1 aromatic carbocycles. The Hall–Kier alpha value is -3.17. The number of aromatic amines is 1. The molecule has 214 valence electrons. The lowest BCUT2D eigenvalue weighted by molar-refractivity contribution is 0.0327. The monoisotopic (exact) mass is 546 g/mol. The molecule has 4 heterocycles. The highest BCUT2D eigenvalue weighted by atomic mass is 16.5. The SMILES string of the molecule is CCC(=Nc1cnn(C2CCN(C(C)C)CC2)c1)c1c(O)[nH]c2ccc(C(=O)NCC3CCC(C4CC4)O3)cc12. The van der Waals surface area contributed by atoms with Gasteiger partial charge in [-0.1, -0.05) is 6.92 Å². The molecule has 3 aliphatic rings. The van der Waals surface area contributed by atoms with Crippen molar-refractivity contribution >= 4 is 28.2 Å². The Kier molecular flexibility index (Phi) is 7.68. The van der Waals surface area contributed by atoms with Crippen molar-refractivity contribution in [2.45, 2.75) is 90.0 Å². The van der Waals surface area contributed by atoms with Gasteiger partial charge in [0.25, 0.3) is 5.91 Å². The molecule has 2 unspecified atom stereocenters. The van der Waals surface area contributed by atoms with E-state index in [2.05, 4.69) is 34.1 Å². The van der Waals surface area contributed by atoms with Gasteiger partial charge < -0.3 is 25.0 Å². The molecule has 40 heavy (non-hydrogen) atoms. The van der Waals surface area contributed by atoms with Crippen LogP contribution in [0.4, 0.5) is 5.69 Å². The minimum atomic E-state index is -0.133. The molecule has 0 spiro atoms. The number of aromatic hydroxyl groups is 1. The number of H-pyrrole nitrogens is 1. The van der Waals surface area contributed by atoms with Crippen LogP contribution in [0.25, 0.3) is 10.9 Å². The molecule has 9 heteroatoms. The molecule has 9 nitrogen and oxygen atoms in total. The third-order valence-electron chi connectivity index (χ3n) is 8.90. The van der Waals surface area contributed by atoms with Crippen molar-refractivity contribution in [3.63, 3.8) is 0 Å². The smallest absolute Gasteiger partial charge is 0.251 e. The zero-order valence-electron chi connectivity index (χ0n) is 23.9. The van der Waals surface area contributed by atoms with E-state index in [0.717, 1.165) is 67.0 Å². The average Bonchev–Trinajstić information content (AvgIpc) is 3.36. The van der Waals surface area contributed by atoms with E-state index in [1.165, 1.54) is 12.8 Å². The van der Waals surface area contributed by atoms with Crippen molar-refractivity contribution in [1.29, 1.82) is 0 Å². The molecule has 1 saturated carbocycles. The molecule has 2 atom stereocenters. The largest absolute Gasteiger partial charge is 0.494 e. The maximum atomic E-state index is 13.0. The van der Waals surface area contributed by atoms with E-state index in [-0.39, 0.29) is 17.9 Å². The summed E-state index contributed by atoms with van der Waals surface area (Å²) in [4.78, 5) is 23.5. The number of rotatable bonds is 9. The summed E-state index contributed by atoms with van der Waals surface area (Å²) in [7, 11) is 0. The van der Waals surface area contributed by atoms with Crippen molar-refractivity contribution in [2.75, 3.05) is 19.6 Å². The van der Waals surface area contributed by atoms with Crippen LogP contribution in [-0.4, -0.2) is 74.3 Å². The third-order valence-corrected chi connectivity index (χ3v) is 8.90. The third kappa shape index (κ3) is 5.67. The Morgan fingerprint density at radius 1 is 1.20 bits per heavy atom. The number of amides is 1. The van der Waals surface area contributed by atoms with Crippen LogP contribution in [-0.2, 0) is 4.74 Å². The van der Waals surface area contributed by atoms with Gasteiger partial charge in [0.05, 0.1) is 41.9 Å². The number of fused-ring (bicyclic) bond motifs is 1. The van der Waals surface area contributed by atoms with E-state index in [1.54, 1.807) is 12.3 Å². The highest BCUT2D eigenvalue weighted by Crippen LogP contribution is 2.40. The van der Waals surface area contributed by atoms with Gasteiger partial charge >= 0.3 is 0 Å². The van der Waals surface area contributed by atoms with Gasteiger partial charge in [-0.25, -0.2) is 4.99 Å². The number of carbonyl (C=O) groups excluding carboxylic acids is 1. The number of hydrogen-bond acceptors (Lipinski definition) is 6. The number of benzene rings is 1. The number of ether oxygens (including phenoxy) is 1. The summed E-state index contributed by atoms with van der Waals surface area (Å²) in [6.07, 6.45) is 11.7. The second kappa shape index (κ2) is 11.4. The van der Waals surface area contributed by atoms with E-state index in [9.17, 15) is 9.90 Å². The topological polar surface area (TPSA) is 108 Å². The highest BCUT2D eigenvalue weighted by molar-refractivity contribution is 6.14. The summed E-state index contributed by atoms with van der Waals surface area (Å²) in [5, 5.41) is 19.3. The van der Waals surface area contributed by atoms with Gasteiger partial charge in [0.1, 0.15) is 5.69 Å². The van der Waals surface area contributed by atoms with Gasteiger partial charge in [0.2, 0.25) is 0 Å². The first-order valence-corrected chi connectivity index (χ1v) is 15.0. The predicted molar refractivity (Wildman–Crippen MR) is 157 cm³/mol. The normalized spacial score (nSPS) is 22.9. The van der Waals surface area contributed by atoms with Crippen molar-refractivity contribution in [3.8, 4) is 5.88 Å². The molecule has 2 aromatic heterocycles. The van der Waals surface area contributed by atoms with Crippen LogP contribution < -0.4 is 5.32 Å². The van der Waals surface area contributed by atoms with Gasteiger partial charge in [-0.3, -0.25) is 9.48 Å². The molecular weight excluding hydrogens is 504 g/mol. The molecule has 6 rings (SSSR count). The van der Waals surface area contributed by atoms with Gasteiger partial charge in [-0.2, -0.15) is 5.10 Å². The number of nitrogens with one attached hydrogen (secondary N) is 2. The number of piperidine rings is 1. The summed E-state index contributed by atoms with van der Waals surface area (Å²) < 4.78 is 8.19. The Morgan fingerprint density at radius 2 is 2.00 bits per heavy atom. The van der Waals surface area contributed by atoms with E-state index >= 15 is 0 Å². The number of likely N-dealkylation sites (tertiary alicyclic amines) is 1. The fraction of sp³-hybridized carbons (Fsp3) is 0.581. The number of aliphatic imine (C=N–C) groups is 1. The van der Waals surface area contributed by atoms with Gasteiger partial charge in [-0.05, 0) is 82.9 Å². The van der Waals surface area contributed by atoms with Crippen molar-refractivity contribution in [2.24, 2.45) is 10.9 Å². The molecule has 1 aliphatic carbocycles. The lowest BCUT2D eigenvalue weighted by Crippen LogP contribution is -2.39. The van der Waals surface area contributed by atoms with Crippen molar-refractivity contribution < 1.29 is 14.6 Å². The second-order valence-corrected chi connectivity index (χ2v) is 12.0. The number of aromatic nitrogens is 3. The average molecular weight is 547 g/mol. The van der Waals surface area contributed by atoms with Gasteiger partial charge in [-0.15, -0.1) is 0 Å². The number of hydrogen-bond donors (Lipinski definition) is 3. The van der Waals surface area contributed by atoms with Crippen LogP contribution in [0.2, 0.25) is 0 Å². The van der Waals surface area contributed by atoms with Crippen LogP contribution in [0, 0.1) is 5.92 Å². The predicted octanol–water partition coefficient (Wildman–Crippen LogP) is 5.33. The summed E-state index contributed by atoms with van der Waals surface area (Å²) in [5.74, 6) is 0.661. The molecule has 2 aliphatic heterocycles. The maximum absolute atomic E-state index is 13.0. The fourth-order valence-electron chi connectivity index (χ4n) is 6.34. The van der Waals surface area contributed by atoms with Gasteiger partial charge in [0.15, 0.2) is 5.88 Å². The number of nitrogens with zero attached hydrogens (tertiary/aromatic N) is 4. The molecular formula is C31H42N6O3. The standard InChI is InChI=1S/C31H42N6O3/c1-4-26(34-22-16-33-37(18-22)23-11-13-36(14-12-23)19(2)3)29-25-15-21(7-9-27(25)35-31(29)39)30(38)32-17-24-8-10-28(40-24)20-5-6-20/h7,9,15-16,18-20,23-24,28,35,39H,4-6,8,10-14,17H2,1-3H3,(H,32,38). The molecule has 1 amide bonds. The van der Waals surface area contributed by atoms with Crippen molar-refractivity contribution in [1.82, 2.24) is 25.0 Å². The number of carbonyl (C=O) groups is 1. The fourth-order valence-corrected chi connectivity index (χ4v) is 6.34. The van der Waals surface area contributed by atoms with Crippen molar-refractivity contribution in [3.05, 3.63) is 41.7 Å². The van der Waals surface area contributed by atoms with E-state index in [4.69, 9.17) is 9.73 Å². The minimum absolute atomic E-state index is 0.0621. The Balaban J connectivity index is 1.17. The molecule has 3 fully saturated rings. The Labute approximate surface area is 236 Å². The zero-order valence-corrected chi connectivity index (χ0v) is 23.9. The maximum Gasteiger partial charge on any atom is 0.251 e. The quantitative estimate of drug-likeness (QED) is 0.314. The first kappa shape index (κ1) is 27.0. The summed E-state index contributed by atoms with van der Waals surface area (Å²) in [6.45, 7) is 9.20. The molecule has 2 saturated heterocycles. The minimum Gasteiger partial charge on any atom is -0.494 e. The Morgan fingerprint density at radius 3 is 2.73 bits per heavy atom. The van der Waals surface area contributed by atoms with Crippen LogP contribution in [0.1, 0.15) is 87.7 Å². The highest BCUT2D eigenvalue weighted by Gasteiger charge is 2.37. The summed E-state index contributed by atoms with van der Waals surface area (Å²) in [5.41, 5.74) is 3.48. The van der Waals surface area contributed by atoms with Crippen LogP contribution in [0.3, 0.4) is 0 Å². The lowest BCUT2D eigenvalue weighted by Gasteiger charge is -2.34. The first-order valence-electron chi connectivity index (χ1n) is 15.0. The Bertz CT molecular complexity index is 1380. The molecule has 0 radical (unpaired) electrons. The van der Waals surface area contributed by atoms with E-state index < -0.39 is 0 Å². The van der Waals surface area contributed by atoms with Crippen LogP contribution in [0.5, 0.6) is 5.88 Å². The van der Waals surface area contributed by atoms with Crippen LogP contribution in [0.15, 0.2) is 35.6 Å². The first-order chi connectivity index (χ1) is 19.4. The summed E-state index contributed by atoms with van der Waals surface area (Å²) in [6, 6.07) is 6.42. The van der Waals surface area contributed by atoms with Gasteiger partial charge in [0, 0.05) is 42.1 Å². The lowest BCUT2D eigenvalue weighted by atomic mass is 10.0. The summed E-state index contributed by atoms with van der Waals surface area (Å²) >= 11 is 0. The molecule has 0 bridgehead atoms. The molecule has 3 aromatic rings. The van der Waals surface area contributed by atoms with E-state index in [0.29, 0.717) is 42.3 Å². The molecule has 3 N–H and O–H groups in total. The second-order valence-electron chi connectivity index (χ2n) is 12.0. The van der Waals surface area contributed by atoms with E-state index in [1.807, 2.05) is 29.9 Å².